The Hall–Kier alpha value is -3.72. The van der Waals surface area contributed by atoms with Gasteiger partial charge in [-0.05, 0) is 42.7 Å². The van der Waals surface area contributed by atoms with E-state index in [1.807, 2.05) is 48.8 Å². The Morgan fingerprint density at radius 3 is 2.69 bits per heavy atom. The molecule has 142 valence electrons. The molecule has 0 unspecified atom stereocenters. The van der Waals surface area contributed by atoms with Gasteiger partial charge in [0.25, 0.3) is 0 Å². The summed E-state index contributed by atoms with van der Waals surface area (Å²) in [6.45, 7) is 1.56. The zero-order valence-electron chi connectivity index (χ0n) is 15.9. The predicted molar refractivity (Wildman–Crippen MR) is 112 cm³/mol. The van der Waals surface area contributed by atoms with Gasteiger partial charge < -0.3 is 4.90 Å². The quantitative estimate of drug-likeness (QED) is 0.579. The van der Waals surface area contributed by atoms with Gasteiger partial charge in [0.1, 0.15) is 11.5 Å². The third-order valence-electron chi connectivity index (χ3n) is 5.86. The zero-order chi connectivity index (χ0) is 19.7. The molecule has 1 aliphatic heterocycles. The van der Waals surface area contributed by atoms with E-state index in [0.717, 1.165) is 59.5 Å². The number of nitrogens with zero attached hydrogens (tertiary/aromatic N) is 5. The van der Waals surface area contributed by atoms with E-state index in [4.69, 9.17) is 0 Å². The largest absolute Gasteiger partial charge is 0.356 e. The first-order chi connectivity index (χ1) is 14.3. The molecule has 3 aromatic heterocycles. The second kappa shape index (κ2) is 7.02. The van der Waals surface area contributed by atoms with Gasteiger partial charge in [-0.25, -0.2) is 4.98 Å². The number of nitrogens with one attached hydrogen (secondary N) is 1. The monoisotopic (exact) mass is 380 g/mol. The molecule has 0 atom stereocenters. The average Bonchev–Trinajstić information content (AvgIpc) is 3.24. The van der Waals surface area contributed by atoms with Crippen LogP contribution in [0, 0.1) is 11.3 Å². The topological polar surface area (TPSA) is 81.5 Å². The zero-order valence-corrected chi connectivity index (χ0v) is 15.9. The first kappa shape index (κ1) is 17.4. The number of anilines is 1. The Labute approximate surface area is 168 Å². The molecule has 0 aliphatic carbocycles. The standard InChI is InChI=1S/C23H20N6/c24-16-23(18-4-3-10-25-15-18)8-12-29(13-9-23)21-14-17(7-11-26-21)22-19-5-1-2-6-20(19)27-28-22/h1-7,10-11,14-15H,8-9,12-13H2,(H,27,28). The number of fused-ring (bicyclic) bond motifs is 1. The number of aromatic amines is 1. The molecule has 0 spiro atoms. The molecule has 4 heterocycles. The molecule has 0 amide bonds. The number of nitriles is 1. The molecule has 1 N–H and O–H groups in total. The third kappa shape index (κ3) is 3.01. The second-order valence-corrected chi connectivity index (χ2v) is 7.44. The third-order valence-corrected chi connectivity index (χ3v) is 5.86. The van der Waals surface area contributed by atoms with Crippen LogP contribution in [0.15, 0.2) is 67.1 Å². The Morgan fingerprint density at radius 2 is 1.90 bits per heavy atom. The van der Waals surface area contributed by atoms with Crippen molar-refractivity contribution in [2.75, 3.05) is 18.0 Å². The highest BCUT2D eigenvalue weighted by molar-refractivity contribution is 5.93. The van der Waals surface area contributed by atoms with Crippen molar-refractivity contribution >= 4 is 16.7 Å². The van der Waals surface area contributed by atoms with Gasteiger partial charge >= 0.3 is 0 Å². The lowest BCUT2D eigenvalue weighted by Gasteiger charge is -2.38. The maximum atomic E-state index is 9.90. The van der Waals surface area contributed by atoms with Gasteiger partial charge in [0, 0.05) is 42.6 Å². The summed E-state index contributed by atoms with van der Waals surface area (Å²) in [5, 5.41) is 18.6. The van der Waals surface area contributed by atoms with Crippen molar-refractivity contribution in [3.05, 3.63) is 72.7 Å². The molecular weight excluding hydrogens is 360 g/mol. The summed E-state index contributed by atoms with van der Waals surface area (Å²) >= 11 is 0. The van der Waals surface area contributed by atoms with Gasteiger partial charge in [0.05, 0.1) is 17.0 Å². The predicted octanol–water partition coefficient (Wildman–Crippen LogP) is 4.08. The number of pyridine rings is 2. The number of hydrogen-bond donors (Lipinski definition) is 1. The number of H-pyrrole nitrogens is 1. The Morgan fingerprint density at radius 1 is 1.03 bits per heavy atom. The Kier molecular flexibility index (Phi) is 4.21. The summed E-state index contributed by atoms with van der Waals surface area (Å²) in [4.78, 5) is 11.1. The fourth-order valence-electron chi connectivity index (χ4n) is 4.15. The first-order valence-corrected chi connectivity index (χ1v) is 9.75. The number of para-hydroxylation sites is 1. The van der Waals surface area contributed by atoms with Crippen LogP contribution in [0.2, 0.25) is 0 Å². The van der Waals surface area contributed by atoms with Gasteiger partial charge in [-0.3, -0.25) is 10.1 Å². The van der Waals surface area contributed by atoms with E-state index in [0.29, 0.717) is 0 Å². The molecule has 6 nitrogen and oxygen atoms in total. The maximum absolute atomic E-state index is 9.90. The van der Waals surface area contributed by atoms with Crippen LogP contribution in [0.5, 0.6) is 0 Å². The van der Waals surface area contributed by atoms with Crippen LogP contribution in [0.1, 0.15) is 18.4 Å². The molecule has 5 rings (SSSR count). The minimum absolute atomic E-state index is 0.471. The van der Waals surface area contributed by atoms with E-state index in [1.54, 1.807) is 6.20 Å². The van der Waals surface area contributed by atoms with Gasteiger partial charge in [0.2, 0.25) is 0 Å². The SMILES string of the molecule is N#CC1(c2cccnc2)CCN(c2cc(-c3n[nH]c4ccccc34)ccn2)CC1. The molecule has 29 heavy (non-hydrogen) atoms. The van der Waals surface area contributed by atoms with Crippen LogP contribution < -0.4 is 4.90 Å². The molecular formula is C23H20N6. The maximum Gasteiger partial charge on any atom is 0.129 e. The normalized spacial score (nSPS) is 15.9. The van der Waals surface area contributed by atoms with Crippen LogP contribution in [0.4, 0.5) is 5.82 Å². The van der Waals surface area contributed by atoms with Crippen molar-refractivity contribution in [1.82, 2.24) is 20.2 Å². The highest BCUT2D eigenvalue weighted by atomic mass is 15.2. The summed E-state index contributed by atoms with van der Waals surface area (Å²) in [6, 6.07) is 18.7. The van der Waals surface area contributed by atoms with Crippen molar-refractivity contribution in [3.63, 3.8) is 0 Å². The van der Waals surface area contributed by atoms with Crippen LogP contribution in [0.25, 0.3) is 22.2 Å². The van der Waals surface area contributed by atoms with E-state index in [2.05, 4.69) is 43.3 Å². The van der Waals surface area contributed by atoms with Crippen LogP contribution in [0.3, 0.4) is 0 Å². The second-order valence-electron chi connectivity index (χ2n) is 7.44. The van der Waals surface area contributed by atoms with E-state index in [-0.39, 0.29) is 0 Å². The lowest BCUT2D eigenvalue weighted by molar-refractivity contribution is 0.413. The van der Waals surface area contributed by atoms with Gasteiger partial charge in [-0.2, -0.15) is 10.4 Å². The summed E-state index contributed by atoms with van der Waals surface area (Å²) in [5.41, 5.74) is 3.53. The Bertz CT molecular complexity index is 1180. The van der Waals surface area contributed by atoms with Gasteiger partial charge in [0.15, 0.2) is 0 Å². The highest BCUT2D eigenvalue weighted by Crippen LogP contribution is 2.36. The molecule has 1 saturated heterocycles. The molecule has 4 aromatic rings. The van der Waals surface area contributed by atoms with E-state index < -0.39 is 5.41 Å². The van der Waals surface area contributed by atoms with Gasteiger partial charge in [-0.15, -0.1) is 0 Å². The lowest BCUT2D eigenvalue weighted by atomic mass is 9.74. The van der Waals surface area contributed by atoms with Crippen LogP contribution in [-0.4, -0.2) is 33.3 Å². The average molecular weight is 380 g/mol. The summed E-state index contributed by atoms with van der Waals surface area (Å²) in [6.07, 6.45) is 6.92. The summed E-state index contributed by atoms with van der Waals surface area (Å²) in [5.74, 6) is 0.923. The van der Waals surface area contributed by atoms with Crippen molar-refractivity contribution in [2.24, 2.45) is 0 Å². The van der Waals surface area contributed by atoms with Crippen LogP contribution >= 0.6 is 0 Å². The number of rotatable bonds is 3. The number of benzene rings is 1. The minimum atomic E-state index is -0.471. The highest BCUT2D eigenvalue weighted by Gasteiger charge is 2.37. The summed E-state index contributed by atoms with van der Waals surface area (Å²) < 4.78 is 0. The fourth-order valence-corrected chi connectivity index (χ4v) is 4.15. The molecule has 6 heteroatoms. The van der Waals surface area contributed by atoms with E-state index in [9.17, 15) is 5.26 Å². The lowest BCUT2D eigenvalue weighted by Crippen LogP contribution is -2.42. The van der Waals surface area contributed by atoms with Crippen molar-refractivity contribution < 1.29 is 0 Å². The number of piperidine rings is 1. The molecule has 1 fully saturated rings. The van der Waals surface area contributed by atoms with Crippen molar-refractivity contribution in [3.8, 4) is 17.3 Å². The van der Waals surface area contributed by atoms with Crippen molar-refractivity contribution in [1.29, 1.82) is 5.26 Å². The Balaban J connectivity index is 1.41. The summed E-state index contributed by atoms with van der Waals surface area (Å²) in [7, 11) is 0. The molecule has 1 aromatic carbocycles. The number of aromatic nitrogens is 4. The van der Waals surface area contributed by atoms with Crippen molar-refractivity contribution in [2.45, 2.75) is 18.3 Å². The van der Waals surface area contributed by atoms with E-state index in [1.165, 1.54) is 0 Å². The molecule has 1 aliphatic rings. The fraction of sp³-hybridized carbons (Fsp3) is 0.217. The minimum Gasteiger partial charge on any atom is -0.356 e. The van der Waals surface area contributed by atoms with E-state index >= 15 is 0 Å². The molecule has 0 radical (unpaired) electrons. The van der Waals surface area contributed by atoms with Gasteiger partial charge in [-0.1, -0.05) is 24.3 Å². The smallest absolute Gasteiger partial charge is 0.129 e. The number of hydrogen-bond acceptors (Lipinski definition) is 5. The molecule has 0 bridgehead atoms. The first-order valence-electron chi connectivity index (χ1n) is 9.75. The molecule has 0 saturated carbocycles. The van der Waals surface area contributed by atoms with Crippen LogP contribution in [-0.2, 0) is 5.41 Å².